The highest BCUT2D eigenvalue weighted by molar-refractivity contribution is 6.12. The lowest BCUT2D eigenvalue weighted by molar-refractivity contribution is 0.670. The number of aromatic nitrogens is 4. The van der Waals surface area contributed by atoms with E-state index in [2.05, 4.69) is 126 Å². The van der Waals surface area contributed by atoms with Crippen molar-refractivity contribution in [3.05, 3.63) is 194 Å². The van der Waals surface area contributed by atoms with Crippen LogP contribution in [0.1, 0.15) is 0 Å². The third-order valence-corrected chi connectivity index (χ3v) is 10.7. The second kappa shape index (κ2) is 13.0. The molecule has 56 heavy (non-hydrogen) atoms. The number of nitrogens with zero attached hydrogens (tertiary/aromatic N) is 4. The predicted molar refractivity (Wildman–Crippen MR) is 229 cm³/mol. The molecule has 0 radical (unpaired) electrons. The van der Waals surface area contributed by atoms with Crippen molar-refractivity contribution in [1.82, 2.24) is 19.5 Å². The van der Waals surface area contributed by atoms with Crippen LogP contribution in [0.15, 0.2) is 199 Å². The third kappa shape index (κ3) is 5.21. The quantitative estimate of drug-likeness (QED) is 0.172. The average Bonchev–Trinajstić information content (AvgIpc) is 3.83. The Hall–Kier alpha value is -7.63. The van der Waals surface area contributed by atoms with Crippen LogP contribution >= 0.6 is 0 Å². The first kappa shape index (κ1) is 31.9. The molecule has 3 aromatic heterocycles. The summed E-state index contributed by atoms with van der Waals surface area (Å²) in [4.78, 5) is 15.2. The van der Waals surface area contributed by atoms with Crippen molar-refractivity contribution in [1.29, 1.82) is 0 Å². The van der Waals surface area contributed by atoms with Gasteiger partial charge < -0.3 is 4.42 Å². The summed E-state index contributed by atoms with van der Waals surface area (Å²) in [5.41, 5.74) is 12.5. The summed E-state index contributed by atoms with van der Waals surface area (Å²) < 4.78 is 8.69. The zero-order chi connectivity index (χ0) is 37.0. The molecule has 0 N–H and O–H groups in total. The molecule has 0 spiro atoms. The van der Waals surface area contributed by atoms with Gasteiger partial charge in [-0.2, -0.15) is 9.97 Å². The first-order valence-corrected chi connectivity index (χ1v) is 18.8. The fourth-order valence-electron chi connectivity index (χ4n) is 8.14. The van der Waals surface area contributed by atoms with Crippen molar-refractivity contribution in [2.45, 2.75) is 0 Å². The largest absolute Gasteiger partial charge is 0.455 e. The Morgan fingerprint density at radius 1 is 0.339 bits per heavy atom. The van der Waals surface area contributed by atoms with Gasteiger partial charge in [0.1, 0.15) is 11.2 Å². The topological polar surface area (TPSA) is 56.7 Å². The molecule has 0 aliphatic rings. The van der Waals surface area contributed by atoms with E-state index >= 15 is 0 Å². The maximum Gasteiger partial charge on any atom is 0.238 e. The van der Waals surface area contributed by atoms with Gasteiger partial charge in [0.15, 0.2) is 11.6 Å². The Balaban J connectivity index is 1.09. The molecular weight excluding hydrogens is 685 g/mol. The standard InChI is InChI=1S/C51H32N4O/c1-3-16-33(17-4-1)49-52-50(34-18-5-2-6-19-34)54-51(53-49)55-45-28-13-11-24-40(45)44-32-35(30-31-46(44)55)36-20-7-8-21-37(36)38-22-9-10-23-39(38)42-26-15-27-43-41-25-12-14-29-47(41)56-48(42)43/h1-32H. The molecular formula is C51H32N4O. The minimum absolute atomic E-state index is 0.575. The molecule has 3 heterocycles. The molecule has 0 saturated carbocycles. The van der Waals surface area contributed by atoms with Gasteiger partial charge in [-0.15, -0.1) is 0 Å². The molecule has 8 aromatic carbocycles. The van der Waals surface area contributed by atoms with Crippen molar-refractivity contribution in [3.8, 4) is 62.1 Å². The van der Waals surface area contributed by atoms with Gasteiger partial charge >= 0.3 is 0 Å². The average molecular weight is 717 g/mol. The number of fused-ring (bicyclic) bond motifs is 6. The Kier molecular flexibility index (Phi) is 7.42. The minimum atomic E-state index is 0.575. The van der Waals surface area contributed by atoms with E-state index in [9.17, 15) is 0 Å². The zero-order valence-electron chi connectivity index (χ0n) is 30.2. The van der Waals surface area contributed by atoms with Gasteiger partial charge in [-0.3, -0.25) is 4.57 Å². The molecule has 5 nitrogen and oxygen atoms in total. The van der Waals surface area contributed by atoms with Gasteiger partial charge in [-0.05, 0) is 52.1 Å². The van der Waals surface area contributed by atoms with Crippen molar-refractivity contribution >= 4 is 43.7 Å². The Bertz CT molecular complexity index is 3200. The van der Waals surface area contributed by atoms with E-state index in [1.807, 2.05) is 72.8 Å². The smallest absolute Gasteiger partial charge is 0.238 e. The molecule has 0 atom stereocenters. The van der Waals surface area contributed by atoms with Gasteiger partial charge in [0.2, 0.25) is 5.95 Å². The Morgan fingerprint density at radius 3 is 1.57 bits per heavy atom. The first-order valence-electron chi connectivity index (χ1n) is 18.8. The molecule has 0 fully saturated rings. The molecule has 0 amide bonds. The lowest BCUT2D eigenvalue weighted by Gasteiger charge is -2.15. The number of rotatable bonds is 6. The van der Waals surface area contributed by atoms with Crippen molar-refractivity contribution in [2.24, 2.45) is 0 Å². The molecule has 0 bridgehead atoms. The number of hydrogen-bond donors (Lipinski definition) is 0. The van der Waals surface area contributed by atoms with Crippen LogP contribution in [0.2, 0.25) is 0 Å². The van der Waals surface area contributed by atoms with E-state index in [0.29, 0.717) is 17.6 Å². The lowest BCUT2D eigenvalue weighted by Crippen LogP contribution is -2.06. The van der Waals surface area contributed by atoms with Crippen LogP contribution < -0.4 is 0 Å². The zero-order valence-corrected chi connectivity index (χ0v) is 30.2. The summed E-state index contributed by atoms with van der Waals surface area (Å²) in [6, 6.07) is 67.5. The second-order valence-electron chi connectivity index (χ2n) is 14.0. The number of hydrogen-bond acceptors (Lipinski definition) is 4. The summed E-state index contributed by atoms with van der Waals surface area (Å²) in [5, 5.41) is 4.49. The molecule has 0 aliphatic heterocycles. The van der Waals surface area contributed by atoms with Crippen LogP contribution in [0.5, 0.6) is 0 Å². The van der Waals surface area contributed by atoms with E-state index in [4.69, 9.17) is 19.4 Å². The SMILES string of the molecule is c1ccc(-c2nc(-c3ccccc3)nc(-n3c4ccccc4c4cc(-c5ccccc5-c5ccccc5-c5cccc6c5oc5ccccc56)ccc43)n2)cc1. The predicted octanol–water partition coefficient (Wildman–Crippen LogP) is 13.2. The Labute approximate surface area is 322 Å². The van der Waals surface area contributed by atoms with E-state index in [0.717, 1.165) is 88.3 Å². The van der Waals surface area contributed by atoms with Crippen LogP contribution in [-0.4, -0.2) is 19.5 Å². The van der Waals surface area contributed by atoms with Crippen molar-refractivity contribution < 1.29 is 4.42 Å². The number of benzene rings is 8. The molecule has 262 valence electrons. The van der Waals surface area contributed by atoms with Gasteiger partial charge in [-0.25, -0.2) is 4.98 Å². The molecule has 0 unspecified atom stereocenters. The fourth-order valence-corrected chi connectivity index (χ4v) is 8.14. The van der Waals surface area contributed by atoms with Gasteiger partial charge in [0.25, 0.3) is 0 Å². The normalized spacial score (nSPS) is 11.6. The summed E-state index contributed by atoms with van der Waals surface area (Å²) in [6.07, 6.45) is 0. The van der Waals surface area contributed by atoms with Crippen molar-refractivity contribution in [3.63, 3.8) is 0 Å². The maximum absolute atomic E-state index is 6.52. The van der Waals surface area contributed by atoms with Gasteiger partial charge in [0.05, 0.1) is 11.0 Å². The van der Waals surface area contributed by atoms with Crippen LogP contribution in [-0.2, 0) is 0 Å². The second-order valence-corrected chi connectivity index (χ2v) is 14.0. The molecule has 5 heteroatoms. The third-order valence-electron chi connectivity index (χ3n) is 10.7. The number of furan rings is 1. The highest BCUT2D eigenvalue weighted by Gasteiger charge is 2.20. The summed E-state index contributed by atoms with van der Waals surface area (Å²) in [5.74, 6) is 1.83. The highest BCUT2D eigenvalue weighted by atomic mass is 16.3. The summed E-state index contributed by atoms with van der Waals surface area (Å²) >= 11 is 0. The fraction of sp³-hybridized carbons (Fsp3) is 0. The molecule has 11 aromatic rings. The van der Waals surface area contributed by atoms with E-state index in [-0.39, 0.29) is 0 Å². The van der Waals surface area contributed by atoms with Crippen molar-refractivity contribution in [2.75, 3.05) is 0 Å². The molecule has 11 rings (SSSR count). The van der Waals surface area contributed by atoms with Crippen LogP contribution in [0.3, 0.4) is 0 Å². The first-order chi connectivity index (χ1) is 27.8. The van der Waals surface area contributed by atoms with E-state index in [1.165, 1.54) is 0 Å². The molecule has 0 saturated heterocycles. The van der Waals surface area contributed by atoms with Crippen LogP contribution in [0.4, 0.5) is 0 Å². The Morgan fingerprint density at radius 2 is 0.857 bits per heavy atom. The minimum Gasteiger partial charge on any atom is -0.455 e. The van der Waals surface area contributed by atoms with Gasteiger partial charge in [-0.1, -0.05) is 170 Å². The van der Waals surface area contributed by atoms with E-state index < -0.39 is 0 Å². The van der Waals surface area contributed by atoms with Crippen LogP contribution in [0.25, 0.3) is 106 Å². The maximum atomic E-state index is 6.52. The molecule has 0 aliphatic carbocycles. The van der Waals surface area contributed by atoms with Gasteiger partial charge in [0, 0.05) is 38.2 Å². The highest BCUT2D eigenvalue weighted by Crippen LogP contribution is 2.43. The van der Waals surface area contributed by atoms with Crippen LogP contribution in [0, 0.1) is 0 Å². The van der Waals surface area contributed by atoms with E-state index in [1.54, 1.807) is 0 Å². The lowest BCUT2D eigenvalue weighted by atomic mass is 9.88. The summed E-state index contributed by atoms with van der Waals surface area (Å²) in [7, 11) is 0. The monoisotopic (exact) mass is 716 g/mol. The summed E-state index contributed by atoms with van der Waals surface area (Å²) in [6.45, 7) is 0. The number of para-hydroxylation sites is 3.